The number of aryl methyl sites for hydroxylation is 2. The van der Waals surface area contributed by atoms with Crippen molar-refractivity contribution < 1.29 is 4.74 Å². The van der Waals surface area contributed by atoms with Crippen molar-refractivity contribution >= 4 is 0 Å². The first-order valence-electron chi connectivity index (χ1n) is 8.32. The van der Waals surface area contributed by atoms with Crippen LogP contribution in [0.3, 0.4) is 0 Å². The number of fused-ring (bicyclic) bond motifs is 1. The Hall–Kier alpha value is -1.00. The second kappa shape index (κ2) is 7.85. The predicted octanol–water partition coefficient (Wildman–Crippen LogP) is 2.99. The summed E-state index contributed by atoms with van der Waals surface area (Å²) in [6, 6.07) is 0. The van der Waals surface area contributed by atoms with E-state index in [1.54, 1.807) is 0 Å². The van der Waals surface area contributed by atoms with E-state index in [2.05, 4.69) is 19.2 Å². The molecule has 1 N–H and O–H groups in total. The van der Waals surface area contributed by atoms with Crippen molar-refractivity contribution in [2.75, 3.05) is 20.2 Å². The first-order valence-corrected chi connectivity index (χ1v) is 8.32. The van der Waals surface area contributed by atoms with Gasteiger partial charge in [-0.05, 0) is 64.6 Å². The minimum absolute atomic E-state index is 0.0547. The second-order valence-corrected chi connectivity index (χ2v) is 5.99. The maximum atomic E-state index is 5.84. The molecule has 0 fully saturated rings. The van der Waals surface area contributed by atoms with Gasteiger partial charge in [-0.15, -0.1) is 0 Å². The van der Waals surface area contributed by atoms with E-state index < -0.39 is 0 Å². The van der Waals surface area contributed by atoms with Gasteiger partial charge in [0.2, 0.25) is 0 Å². The van der Waals surface area contributed by atoms with Crippen molar-refractivity contribution in [3.8, 4) is 0 Å². The molecular formula is C17H29N3O. The van der Waals surface area contributed by atoms with Crippen LogP contribution in [0.25, 0.3) is 0 Å². The van der Waals surface area contributed by atoms with Crippen LogP contribution in [0.4, 0.5) is 0 Å². The predicted molar refractivity (Wildman–Crippen MR) is 85.5 cm³/mol. The summed E-state index contributed by atoms with van der Waals surface area (Å²) in [5.74, 6) is 1.61. The van der Waals surface area contributed by atoms with Gasteiger partial charge in [0.25, 0.3) is 0 Å². The fourth-order valence-corrected chi connectivity index (χ4v) is 3.24. The molecule has 0 saturated heterocycles. The largest absolute Gasteiger partial charge is 0.371 e. The van der Waals surface area contributed by atoms with Crippen LogP contribution >= 0.6 is 0 Å². The first kappa shape index (κ1) is 16.4. The van der Waals surface area contributed by atoms with Crippen molar-refractivity contribution in [1.82, 2.24) is 15.3 Å². The lowest BCUT2D eigenvalue weighted by atomic mass is 9.85. The lowest BCUT2D eigenvalue weighted by molar-refractivity contribution is 0.0490. The highest BCUT2D eigenvalue weighted by molar-refractivity contribution is 5.28. The van der Waals surface area contributed by atoms with Crippen LogP contribution in [0, 0.1) is 12.8 Å². The average molecular weight is 291 g/mol. The molecule has 0 bridgehead atoms. The zero-order valence-electron chi connectivity index (χ0n) is 13.9. The van der Waals surface area contributed by atoms with Gasteiger partial charge < -0.3 is 10.1 Å². The van der Waals surface area contributed by atoms with Crippen molar-refractivity contribution in [1.29, 1.82) is 0 Å². The van der Waals surface area contributed by atoms with Crippen molar-refractivity contribution in [2.45, 2.75) is 59.0 Å². The van der Waals surface area contributed by atoms with Gasteiger partial charge >= 0.3 is 0 Å². The van der Waals surface area contributed by atoms with Crippen LogP contribution in [-0.4, -0.2) is 30.2 Å². The summed E-state index contributed by atoms with van der Waals surface area (Å²) in [6.45, 7) is 8.14. The summed E-state index contributed by atoms with van der Waals surface area (Å²) in [5, 5.41) is 3.29. The molecule has 1 heterocycles. The molecule has 21 heavy (non-hydrogen) atoms. The highest BCUT2D eigenvalue weighted by atomic mass is 16.5. The molecule has 2 unspecified atom stereocenters. The van der Waals surface area contributed by atoms with Crippen LogP contribution in [0.5, 0.6) is 0 Å². The maximum absolute atomic E-state index is 5.84. The van der Waals surface area contributed by atoms with Crippen LogP contribution in [0.15, 0.2) is 0 Å². The molecule has 118 valence electrons. The molecule has 0 radical (unpaired) electrons. The van der Waals surface area contributed by atoms with E-state index in [1.807, 2.05) is 14.0 Å². The Labute approximate surface area is 128 Å². The fraction of sp³-hybridized carbons (Fsp3) is 0.765. The molecule has 2 atom stereocenters. The zero-order valence-corrected chi connectivity index (χ0v) is 13.9. The van der Waals surface area contributed by atoms with E-state index in [4.69, 9.17) is 14.7 Å². The highest BCUT2D eigenvalue weighted by Crippen LogP contribution is 2.28. The third-order valence-electron chi connectivity index (χ3n) is 4.30. The molecule has 0 amide bonds. The van der Waals surface area contributed by atoms with E-state index in [0.29, 0.717) is 12.5 Å². The molecule has 1 aromatic heterocycles. The third-order valence-corrected chi connectivity index (χ3v) is 4.30. The van der Waals surface area contributed by atoms with Gasteiger partial charge in [-0.2, -0.15) is 0 Å². The zero-order chi connectivity index (χ0) is 15.2. The third kappa shape index (κ3) is 4.01. The monoisotopic (exact) mass is 291 g/mol. The fourth-order valence-electron chi connectivity index (χ4n) is 3.24. The van der Waals surface area contributed by atoms with Gasteiger partial charge in [-0.25, -0.2) is 9.97 Å². The van der Waals surface area contributed by atoms with E-state index >= 15 is 0 Å². The topological polar surface area (TPSA) is 47.0 Å². The number of rotatable bonds is 7. The van der Waals surface area contributed by atoms with E-state index in [0.717, 1.165) is 43.7 Å². The van der Waals surface area contributed by atoms with Gasteiger partial charge in [0.1, 0.15) is 6.10 Å². The number of hydrogen-bond donors (Lipinski definition) is 1. The normalized spacial score (nSPS) is 19.3. The molecule has 1 aromatic rings. The first-order chi connectivity index (χ1) is 10.2. The molecule has 0 saturated carbocycles. The Kier molecular flexibility index (Phi) is 6.12. The number of nitrogens with one attached hydrogen (secondary N) is 1. The molecule has 1 aliphatic rings. The Bertz CT molecular complexity index is 456. The lowest BCUT2D eigenvalue weighted by Crippen LogP contribution is -2.27. The average Bonchev–Trinajstić information content (AvgIpc) is 2.48. The van der Waals surface area contributed by atoms with Crippen LogP contribution in [-0.2, 0) is 17.6 Å². The van der Waals surface area contributed by atoms with Gasteiger partial charge in [-0.3, -0.25) is 0 Å². The number of aromatic nitrogens is 2. The quantitative estimate of drug-likeness (QED) is 0.839. The minimum Gasteiger partial charge on any atom is -0.371 e. The summed E-state index contributed by atoms with van der Waals surface area (Å²) < 4.78 is 5.84. The van der Waals surface area contributed by atoms with E-state index in [9.17, 15) is 0 Å². The van der Waals surface area contributed by atoms with Crippen molar-refractivity contribution in [3.63, 3.8) is 0 Å². The van der Waals surface area contributed by atoms with E-state index in [-0.39, 0.29) is 6.10 Å². The number of hydrogen-bond acceptors (Lipinski definition) is 4. The van der Waals surface area contributed by atoms with Crippen molar-refractivity contribution in [2.24, 2.45) is 5.92 Å². The van der Waals surface area contributed by atoms with Crippen molar-refractivity contribution in [3.05, 3.63) is 22.8 Å². The minimum atomic E-state index is 0.0547. The smallest absolute Gasteiger partial charge is 0.157 e. The Morgan fingerprint density at radius 1 is 1.33 bits per heavy atom. The Morgan fingerprint density at radius 3 is 2.81 bits per heavy atom. The number of ether oxygens (including phenoxy) is 1. The Morgan fingerprint density at radius 2 is 2.14 bits per heavy atom. The summed E-state index contributed by atoms with van der Waals surface area (Å²) in [4.78, 5) is 9.61. The van der Waals surface area contributed by atoms with Gasteiger partial charge in [0, 0.05) is 18.0 Å². The molecule has 1 aliphatic carbocycles. The highest BCUT2D eigenvalue weighted by Gasteiger charge is 2.24. The lowest BCUT2D eigenvalue weighted by Gasteiger charge is -2.26. The second-order valence-electron chi connectivity index (χ2n) is 5.99. The van der Waals surface area contributed by atoms with E-state index in [1.165, 1.54) is 17.7 Å². The maximum Gasteiger partial charge on any atom is 0.157 e. The molecular weight excluding hydrogens is 262 g/mol. The molecule has 4 nitrogen and oxygen atoms in total. The van der Waals surface area contributed by atoms with Gasteiger partial charge in [0.05, 0.1) is 0 Å². The van der Waals surface area contributed by atoms with Crippen LogP contribution < -0.4 is 5.32 Å². The van der Waals surface area contributed by atoms with Crippen LogP contribution in [0.2, 0.25) is 0 Å². The van der Waals surface area contributed by atoms with Gasteiger partial charge in [0.15, 0.2) is 5.82 Å². The standard InChI is InChI=1S/C17H29N3O/c1-5-7-16(21-6-2)17-19-12(3)14-10-13(11-18-4)8-9-15(14)20-17/h13,16,18H,5-11H2,1-4H3. The molecule has 0 spiro atoms. The van der Waals surface area contributed by atoms with Gasteiger partial charge in [-0.1, -0.05) is 13.3 Å². The summed E-state index contributed by atoms with van der Waals surface area (Å²) >= 11 is 0. The molecule has 4 heteroatoms. The SMILES string of the molecule is CCCC(OCC)c1nc(C)c2c(n1)CCC(CNC)C2. The number of nitrogens with zero attached hydrogens (tertiary/aromatic N) is 2. The molecule has 0 aromatic carbocycles. The summed E-state index contributed by atoms with van der Waals surface area (Å²) in [5.41, 5.74) is 3.78. The van der Waals surface area contributed by atoms with Crippen LogP contribution in [0.1, 0.15) is 62.0 Å². The Balaban J connectivity index is 2.22. The molecule has 2 rings (SSSR count). The molecule has 0 aliphatic heterocycles. The summed E-state index contributed by atoms with van der Waals surface area (Å²) in [7, 11) is 2.03. The summed E-state index contributed by atoms with van der Waals surface area (Å²) in [6.07, 6.45) is 5.54.